The first-order valence-electron chi connectivity index (χ1n) is 11.6. The predicted molar refractivity (Wildman–Crippen MR) is 136 cm³/mol. The van der Waals surface area contributed by atoms with Gasteiger partial charge in [0.15, 0.2) is 5.78 Å². The van der Waals surface area contributed by atoms with E-state index in [0.717, 1.165) is 11.1 Å². The van der Waals surface area contributed by atoms with Crippen LogP contribution in [-0.4, -0.2) is 30.8 Å². The van der Waals surface area contributed by atoms with Crippen molar-refractivity contribution in [3.8, 4) is 0 Å². The summed E-state index contributed by atoms with van der Waals surface area (Å²) in [6.45, 7) is 18.3. The molecule has 3 unspecified atom stereocenters. The molecule has 178 valence electrons. The van der Waals surface area contributed by atoms with E-state index >= 15 is 0 Å². The van der Waals surface area contributed by atoms with Crippen LogP contribution in [0.4, 0.5) is 0 Å². The molecular formula is C28H44N2O2. The van der Waals surface area contributed by atoms with Gasteiger partial charge in [0.05, 0.1) is 12.1 Å². The minimum Gasteiger partial charge on any atom is -0.348 e. The van der Waals surface area contributed by atoms with Gasteiger partial charge in [-0.2, -0.15) is 0 Å². The van der Waals surface area contributed by atoms with Crippen molar-refractivity contribution in [2.24, 2.45) is 17.3 Å². The van der Waals surface area contributed by atoms with E-state index in [2.05, 4.69) is 83.4 Å². The Hall–Kier alpha value is -2.20. The first-order chi connectivity index (χ1) is 14.7. The number of hydrogen-bond donors (Lipinski definition) is 2. The minimum absolute atomic E-state index is 0.0255. The molecule has 0 saturated heterocycles. The molecule has 0 spiro atoms. The summed E-state index contributed by atoms with van der Waals surface area (Å²) >= 11 is 0. The normalized spacial score (nSPS) is 16.2. The van der Waals surface area contributed by atoms with Crippen LogP contribution in [0.3, 0.4) is 0 Å². The summed E-state index contributed by atoms with van der Waals surface area (Å²) in [5, 5.41) is 6.51. The van der Waals surface area contributed by atoms with Crippen molar-refractivity contribution >= 4 is 11.7 Å². The topological polar surface area (TPSA) is 58.2 Å². The average Bonchev–Trinajstić information content (AvgIpc) is 2.69. The van der Waals surface area contributed by atoms with E-state index in [1.54, 1.807) is 6.92 Å². The fourth-order valence-corrected chi connectivity index (χ4v) is 3.76. The van der Waals surface area contributed by atoms with Gasteiger partial charge in [-0.15, -0.1) is 0 Å². The van der Waals surface area contributed by atoms with Crippen molar-refractivity contribution in [3.63, 3.8) is 0 Å². The van der Waals surface area contributed by atoms with Crippen LogP contribution in [0.25, 0.3) is 0 Å². The fourth-order valence-electron chi connectivity index (χ4n) is 3.76. The maximum atomic E-state index is 13.4. The summed E-state index contributed by atoms with van der Waals surface area (Å²) in [6.07, 6.45) is 6.25. The molecule has 2 N–H and O–H groups in total. The van der Waals surface area contributed by atoms with Crippen LogP contribution < -0.4 is 10.6 Å². The second-order valence-electron chi connectivity index (χ2n) is 10.8. The number of hydrogen-bond acceptors (Lipinski definition) is 3. The second kappa shape index (κ2) is 11.6. The Balaban J connectivity index is 3.18. The van der Waals surface area contributed by atoms with Crippen molar-refractivity contribution in [1.29, 1.82) is 0 Å². The number of Topliss-reactive ketones (excluding diaryl/α,β-unsaturated/α-hetero) is 1. The number of carbonyl (C=O) groups excluding carboxylic acids is 2. The van der Waals surface area contributed by atoms with E-state index in [1.807, 2.05) is 38.2 Å². The molecule has 0 saturated carbocycles. The SMILES string of the molecule is CNC(C(=O)NC(/C=C/C(/C=C(\C)C(C)=O)C(C)C)C(C)(C)C)C(C)(C)c1ccccc1. The fraction of sp³-hybridized carbons (Fsp3) is 0.571. The summed E-state index contributed by atoms with van der Waals surface area (Å²) in [5.74, 6) is 0.535. The molecule has 0 bridgehead atoms. The van der Waals surface area contributed by atoms with Gasteiger partial charge >= 0.3 is 0 Å². The molecule has 1 aromatic rings. The van der Waals surface area contributed by atoms with Crippen LogP contribution in [0.1, 0.15) is 67.9 Å². The van der Waals surface area contributed by atoms with Crippen LogP contribution in [0.15, 0.2) is 54.1 Å². The molecule has 0 aliphatic rings. The Morgan fingerprint density at radius 3 is 1.94 bits per heavy atom. The van der Waals surface area contributed by atoms with Crippen LogP contribution in [-0.2, 0) is 15.0 Å². The summed E-state index contributed by atoms with van der Waals surface area (Å²) in [7, 11) is 1.83. The van der Waals surface area contributed by atoms with E-state index in [1.165, 1.54) is 0 Å². The molecule has 0 fully saturated rings. The maximum Gasteiger partial charge on any atom is 0.238 e. The van der Waals surface area contributed by atoms with Gasteiger partial charge in [0.2, 0.25) is 5.91 Å². The lowest BCUT2D eigenvalue weighted by molar-refractivity contribution is -0.125. The van der Waals surface area contributed by atoms with Crippen molar-refractivity contribution in [1.82, 2.24) is 10.6 Å². The van der Waals surface area contributed by atoms with Crippen molar-refractivity contribution in [2.45, 2.75) is 79.8 Å². The van der Waals surface area contributed by atoms with Crippen LogP contribution in [0.5, 0.6) is 0 Å². The highest BCUT2D eigenvalue weighted by molar-refractivity contribution is 5.92. The molecule has 0 aliphatic carbocycles. The monoisotopic (exact) mass is 440 g/mol. The first-order valence-corrected chi connectivity index (χ1v) is 11.6. The molecule has 4 nitrogen and oxygen atoms in total. The van der Waals surface area contributed by atoms with E-state index in [0.29, 0.717) is 5.92 Å². The van der Waals surface area contributed by atoms with Gasteiger partial charge in [0.25, 0.3) is 0 Å². The number of carbonyl (C=O) groups is 2. The maximum absolute atomic E-state index is 13.4. The highest BCUT2D eigenvalue weighted by Gasteiger charge is 2.37. The highest BCUT2D eigenvalue weighted by atomic mass is 16.2. The molecule has 4 heteroatoms. The van der Waals surface area contributed by atoms with Crippen molar-refractivity contribution in [2.75, 3.05) is 7.05 Å². The van der Waals surface area contributed by atoms with E-state index in [4.69, 9.17) is 0 Å². The van der Waals surface area contributed by atoms with Gasteiger partial charge in [0, 0.05) is 5.41 Å². The third kappa shape index (κ3) is 7.74. The Kier molecular flexibility index (Phi) is 10.1. The van der Waals surface area contributed by atoms with E-state index in [9.17, 15) is 9.59 Å². The van der Waals surface area contributed by atoms with Crippen LogP contribution in [0.2, 0.25) is 0 Å². The molecule has 0 aliphatic heterocycles. The number of benzene rings is 1. The third-order valence-electron chi connectivity index (χ3n) is 6.31. The van der Waals surface area contributed by atoms with Crippen molar-refractivity contribution in [3.05, 3.63) is 59.7 Å². The smallest absolute Gasteiger partial charge is 0.238 e. The molecule has 0 aromatic heterocycles. The molecule has 0 heterocycles. The Morgan fingerprint density at radius 2 is 1.50 bits per heavy atom. The van der Waals surface area contributed by atoms with Gasteiger partial charge in [-0.05, 0) is 49.3 Å². The lowest BCUT2D eigenvalue weighted by Crippen LogP contribution is -2.56. The molecule has 0 radical (unpaired) electrons. The highest BCUT2D eigenvalue weighted by Crippen LogP contribution is 2.28. The zero-order valence-electron chi connectivity index (χ0n) is 21.7. The largest absolute Gasteiger partial charge is 0.348 e. The first kappa shape index (κ1) is 27.8. The quantitative estimate of drug-likeness (QED) is 0.376. The Morgan fingerprint density at radius 1 is 0.938 bits per heavy atom. The standard InChI is InChI=1S/C28H44N2O2/c1-19(2)22(18-20(3)21(4)31)16-17-24(27(5,6)7)30-26(32)25(29-10)28(8,9)23-14-12-11-13-15-23/h11-19,22,24-25,29H,1-10H3,(H,30,32)/b17-16+,20-18+. The summed E-state index contributed by atoms with van der Waals surface area (Å²) in [6, 6.07) is 9.59. The van der Waals surface area contributed by atoms with Gasteiger partial charge in [-0.25, -0.2) is 0 Å². The zero-order valence-corrected chi connectivity index (χ0v) is 21.7. The van der Waals surface area contributed by atoms with Gasteiger partial charge in [-0.1, -0.05) is 97.0 Å². The lowest BCUT2D eigenvalue weighted by Gasteiger charge is -2.37. The Labute approximate surface area is 196 Å². The average molecular weight is 441 g/mol. The molecule has 3 atom stereocenters. The summed E-state index contributed by atoms with van der Waals surface area (Å²) in [4.78, 5) is 25.1. The van der Waals surface area contributed by atoms with Crippen LogP contribution >= 0.6 is 0 Å². The molecule has 32 heavy (non-hydrogen) atoms. The number of rotatable bonds is 10. The predicted octanol–water partition coefficient (Wildman–Crippen LogP) is 5.45. The molecular weight excluding hydrogens is 396 g/mol. The number of nitrogens with one attached hydrogen (secondary N) is 2. The lowest BCUT2D eigenvalue weighted by atomic mass is 9.76. The number of ketones is 1. The van der Waals surface area contributed by atoms with Gasteiger partial charge < -0.3 is 10.6 Å². The van der Waals surface area contributed by atoms with Crippen molar-refractivity contribution < 1.29 is 9.59 Å². The molecule has 1 rings (SSSR count). The molecule has 1 aromatic carbocycles. The zero-order chi connectivity index (χ0) is 24.7. The van der Waals surface area contributed by atoms with E-state index < -0.39 is 0 Å². The van der Waals surface area contributed by atoms with E-state index in [-0.39, 0.29) is 40.5 Å². The number of allylic oxidation sites excluding steroid dienone is 3. The van der Waals surface area contributed by atoms with Gasteiger partial charge in [-0.3, -0.25) is 9.59 Å². The minimum atomic E-state index is -0.385. The third-order valence-corrected chi connectivity index (χ3v) is 6.31. The number of likely N-dealkylation sites (N-methyl/N-ethyl adjacent to an activating group) is 1. The summed E-state index contributed by atoms with van der Waals surface area (Å²) < 4.78 is 0. The Bertz CT molecular complexity index is 814. The molecule has 1 amide bonds. The second-order valence-corrected chi connectivity index (χ2v) is 10.8. The van der Waals surface area contributed by atoms with Crippen LogP contribution in [0, 0.1) is 17.3 Å². The van der Waals surface area contributed by atoms with Gasteiger partial charge in [0.1, 0.15) is 0 Å². The summed E-state index contributed by atoms with van der Waals surface area (Å²) in [5.41, 5.74) is 1.34. The number of amides is 1.